The van der Waals surface area contributed by atoms with Gasteiger partial charge in [0, 0.05) is 0 Å². The van der Waals surface area contributed by atoms with Crippen LogP contribution in [0.1, 0.15) is 13.8 Å². The molecule has 1 N–H and O–H groups in total. The first-order valence-electron chi connectivity index (χ1n) is 3.89. The van der Waals surface area contributed by atoms with Gasteiger partial charge in [0.15, 0.2) is 0 Å². The molecule has 2 unspecified atom stereocenters. The number of hydrogen-bond donors (Lipinski definition) is 1. The van der Waals surface area contributed by atoms with Crippen molar-refractivity contribution in [2.24, 2.45) is 0 Å². The van der Waals surface area contributed by atoms with Gasteiger partial charge in [-0.25, -0.2) is 4.79 Å². The van der Waals surface area contributed by atoms with E-state index in [2.05, 4.69) is 4.84 Å². The minimum atomic E-state index is -1.27. The van der Waals surface area contributed by atoms with Crippen LogP contribution in [-0.2, 0) is 9.57 Å². The summed E-state index contributed by atoms with van der Waals surface area (Å²) in [5, 5.41) is 9.74. The van der Waals surface area contributed by atoms with Crippen LogP contribution >= 0.6 is 0 Å². The molecule has 0 aromatic carbocycles. The van der Waals surface area contributed by atoms with Crippen molar-refractivity contribution in [3.8, 4) is 0 Å². The SMILES string of the molecule is CC1CN(OC(=O)O)CC(C)O1. The minimum Gasteiger partial charge on any atom is -0.448 e. The Balaban J connectivity index is 2.38. The van der Waals surface area contributed by atoms with Gasteiger partial charge >= 0.3 is 6.16 Å². The highest BCUT2D eigenvalue weighted by molar-refractivity contribution is 5.56. The van der Waals surface area contributed by atoms with Crippen molar-refractivity contribution < 1.29 is 19.5 Å². The van der Waals surface area contributed by atoms with E-state index in [4.69, 9.17) is 9.84 Å². The molecule has 1 aliphatic heterocycles. The fraction of sp³-hybridized carbons (Fsp3) is 0.857. The van der Waals surface area contributed by atoms with Crippen molar-refractivity contribution in [3.05, 3.63) is 0 Å². The molecule has 0 spiro atoms. The summed E-state index contributed by atoms with van der Waals surface area (Å²) < 4.78 is 5.38. The topological polar surface area (TPSA) is 59.0 Å². The number of carbonyl (C=O) groups is 1. The Bertz CT molecular complexity index is 163. The Hall–Kier alpha value is -0.810. The highest BCUT2D eigenvalue weighted by Gasteiger charge is 2.24. The van der Waals surface area contributed by atoms with E-state index in [9.17, 15) is 4.79 Å². The van der Waals surface area contributed by atoms with Gasteiger partial charge in [-0.2, -0.15) is 0 Å². The Kier molecular flexibility index (Phi) is 2.88. The second-order valence-corrected chi connectivity index (χ2v) is 2.96. The lowest BCUT2D eigenvalue weighted by Crippen LogP contribution is -2.45. The molecule has 1 fully saturated rings. The highest BCUT2D eigenvalue weighted by Crippen LogP contribution is 2.10. The molecule has 0 saturated carbocycles. The van der Waals surface area contributed by atoms with E-state index in [-0.39, 0.29) is 12.2 Å². The molecule has 0 aromatic heterocycles. The molecule has 1 heterocycles. The minimum absolute atomic E-state index is 0.0214. The van der Waals surface area contributed by atoms with Crippen LogP contribution in [0.2, 0.25) is 0 Å². The molecule has 1 rings (SSSR count). The summed E-state index contributed by atoms with van der Waals surface area (Å²) in [5.74, 6) is 0. The molecular weight excluding hydrogens is 162 g/mol. The zero-order chi connectivity index (χ0) is 9.14. The molecular formula is C7H13NO4. The molecule has 70 valence electrons. The molecule has 0 amide bonds. The average Bonchev–Trinajstić information content (AvgIpc) is 1.81. The maximum atomic E-state index is 10.2. The number of carboxylic acid groups (broad SMARTS) is 1. The van der Waals surface area contributed by atoms with E-state index >= 15 is 0 Å². The largest absolute Gasteiger partial charge is 0.525 e. The van der Waals surface area contributed by atoms with Gasteiger partial charge < -0.3 is 14.7 Å². The average molecular weight is 175 g/mol. The van der Waals surface area contributed by atoms with Crippen molar-refractivity contribution in [1.82, 2.24) is 5.06 Å². The lowest BCUT2D eigenvalue weighted by atomic mass is 10.3. The van der Waals surface area contributed by atoms with Gasteiger partial charge in [-0.05, 0) is 13.8 Å². The Labute approximate surface area is 70.8 Å². The van der Waals surface area contributed by atoms with Crippen LogP contribution < -0.4 is 0 Å². The lowest BCUT2D eigenvalue weighted by molar-refractivity contribution is -0.197. The van der Waals surface area contributed by atoms with Crippen LogP contribution in [0.15, 0.2) is 0 Å². The second kappa shape index (κ2) is 3.73. The fourth-order valence-electron chi connectivity index (χ4n) is 1.32. The van der Waals surface area contributed by atoms with Crippen molar-refractivity contribution in [3.63, 3.8) is 0 Å². The number of ether oxygens (including phenoxy) is 1. The highest BCUT2D eigenvalue weighted by atomic mass is 16.8. The summed E-state index contributed by atoms with van der Waals surface area (Å²) in [6, 6.07) is 0. The molecule has 0 aliphatic carbocycles. The van der Waals surface area contributed by atoms with Gasteiger partial charge in [-0.3, -0.25) is 0 Å². The number of hydrogen-bond acceptors (Lipinski definition) is 4. The van der Waals surface area contributed by atoms with E-state index in [0.717, 1.165) is 0 Å². The van der Waals surface area contributed by atoms with E-state index < -0.39 is 6.16 Å². The van der Waals surface area contributed by atoms with E-state index in [1.54, 1.807) is 0 Å². The first-order valence-corrected chi connectivity index (χ1v) is 3.89. The van der Waals surface area contributed by atoms with Gasteiger partial charge in [0.2, 0.25) is 0 Å². The normalized spacial score (nSPS) is 31.5. The third kappa shape index (κ3) is 2.67. The predicted octanol–water partition coefficient (Wildman–Crippen LogP) is 0.705. The van der Waals surface area contributed by atoms with E-state index in [0.29, 0.717) is 13.1 Å². The monoisotopic (exact) mass is 175 g/mol. The van der Waals surface area contributed by atoms with Crippen LogP contribution in [-0.4, -0.2) is 41.6 Å². The van der Waals surface area contributed by atoms with Gasteiger partial charge in [-0.1, -0.05) is 0 Å². The summed E-state index contributed by atoms with van der Waals surface area (Å²) in [6.07, 6.45) is -1.22. The maximum Gasteiger partial charge on any atom is 0.525 e. The predicted molar refractivity (Wildman–Crippen MR) is 40.7 cm³/mol. The summed E-state index contributed by atoms with van der Waals surface area (Å²) in [5.41, 5.74) is 0. The molecule has 12 heavy (non-hydrogen) atoms. The maximum absolute atomic E-state index is 10.2. The summed E-state index contributed by atoms with van der Waals surface area (Å²) >= 11 is 0. The molecule has 1 aliphatic rings. The quantitative estimate of drug-likeness (QED) is 0.635. The number of hydroxylamine groups is 2. The number of nitrogens with zero attached hydrogens (tertiary/aromatic N) is 1. The smallest absolute Gasteiger partial charge is 0.448 e. The van der Waals surface area contributed by atoms with E-state index in [1.165, 1.54) is 5.06 Å². The van der Waals surface area contributed by atoms with Crippen LogP contribution in [0.5, 0.6) is 0 Å². The molecule has 5 nitrogen and oxygen atoms in total. The summed E-state index contributed by atoms with van der Waals surface area (Å²) in [7, 11) is 0. The van der Waals surface area contributed by atoms with Gasteiger partial charge in [-0.15, -0.1) is 5.06 Å². The van der Waals surface area contributed by atoms with Crippen molar-refractivity contribution >= 4 is 6.16 Å². The van der Waals surface area contributed by atoms with Crippen molar-refractivity contribution in [2.45, 2.75) is 26.1 Å². The Morgan fingerprint density at radius 2 is 2.00 bits per heavy atom. The fourth-order valence-corrected chi connectivity index (χ4v) is 1.32. The first kappa shape index (κ1) is 9.28. The van der Waals surface area contributed by atoms with Crippen LogP contribution in [0.4, 0.5) is 4.79 Å². The Morgan fingerprint density at radius 3 is 2.42 bits per heavy atom. The van der Waals surface area contributed by atoms with Crippen LogP contribution in [0.3, 0.4) is 0 Å². The Morgan fingerprint density at radius 1 is 1.50 bits per heavy atom. The molecule has 1 saturated heterocycles. The molecule has 0 radical (unpaired) electrons. The second-order valence-electron chi connectivity index (χ2n) is 2.96. The third-order valence-electron chi connectivity index (χ3n) is 1.59. The molecule has 2 atom stereocenters. The molecule has 5 heteroatoms. The van der Waals surface area contributed by atoms with Gasteiger partial charge in [0.1, 0.15) is 0 Å². The molecule has 0 bridgehead atoms. The van der Waals surface area contributed by atoms with Crippen molar-refractivity contribution in [2.75, 3.05) is 13.1 Å². The zero-order valence-corrected chi connectivity index (χ0v) is 7.19. The van der Waals surface area contributed by atoms with Gasteiger partial charge in [0.25, 0.3) is 0 Å². The zero-order valence-electron chi connectivity index (χ0n) is 7.19. The van der Waals surface area contributed by atoms with E-state index in [1.807, 2.05) is 13.8 Å². The summed E-state index contributed by atoms with van der Waals surface area (Å²) in [6.45, 7) is 4.76. The summed E-state index contributed by atoms with van der Waals surface area (Å²) in [4.78, 5) is 14.7. The van der Waals surface area contributed by atoms with Gasteiger partial charge in [0.05, 0.1) is 25.3 Å². The first-order chi connectivity index (χ1) is 5.58. The standard InChI is InChI=1S/C7H13NO4/c1-5-3-8(12-7(9)10)4-6(2)11-5/h5-6H,3-4H2,1-2H3,(H,9,10). The number of rotatable bonds is 1. The van der Waals surface area contributed by atoms with Crippen LogP contribution in [0.25, 0.3) is 0 Å². The number of morpholine rings is 1. The third-order valence-corrected chi connectivity index (χ3v) is 1.59. The van der Waals surface area contributed by atoms with Crippen LogP contribution in [0, 0.1) is 0 Å². The molecule has 0 aromatic rings. The lowest BCUT2D eigenvalue weighted by Gasteiger charge is -2.32. The van der Waals surface area contributed by atoms with Crippen molar-refractivity contribution in [1.29, 1.82) is 0 Å².